The van der Waals surface area contributed by atoms with Crippen LogP contribution in [0, 0.1) is 0 Å². The zero-order valence-corrected chi connectivity index (χ0v) is 16.7. The first-order valence-corrected chi connectivity index (χ1v) is 12.0. The van der Waals surface area contributed by atoms with E-state index in [1.807, 2.05) is 0 Å². The Kier molecular flexibility index (Phi) is 7.20. The number of anilines is 1. The molecule has 2 unspecified atom stereocenters. The summed E-state index contributed by atoms with van der Waals surface area (Å²) in [7, 11) is -16.2. The molecule has 1 aromatic heterocycles. The summed E-state index contributed by atoms with van der Waals surface area (Å²) in [6.45, 7) is -0.956. The molecule has 29 heavy (non-hydrogen) atoms. The van der Waals surface area contributed by atoms with E-state index in [2.05, 4.69) is 13.8 Å². The van der Waals surface area contributed by atoms with E-state index < -0.39 is 60.2 Å². The van der Waals surface area contributed by atoms with Crippen LogP contribution in [0.5, 0.6) is 0 Å². The van der Waals surface area contributed by atoms with Crippen LogP contribution in [0.3, 0.4) is 0 Å². The normalized spacial score (nSPS) is 29.3. The van der Waals surface area contributed by atoms with E-state index in [9.17, 15) is 33.6 Å². The Morgan fingerprint density at radius 2 is 1.79 bits per heavy atom. The molecule has 17 nitrogen and oxygen atoms in total. The summed E-state index contributed by atoms with van der Waals surface area (Å²) in [6.07, 6.45) is -5.26. The zero-order chi connectivity index (χ0) is 22.2. The van der Waals surface area contributed by atoms with Crippen LogP contribution in [0.15, 0.2) is 17.1 Å². The summed E-state index contributed by atoms with van der Waals surface area (Å²) in [5.74, 6) is -0.114. The van der Waals surface area contributed by atoms with Gasteiger partial charge in [-0.05, 0) is 6.07 Å². The van der Waals surface area contributed by atoms with Crippen LogP contribution in [-0.2, 0) is 27.3 Å². The molecule has 6 atom stereocenters. The first-order valence-electron chi connectivity index (χ1n) is 7.33. The average Bonchev–Trinajstić information content (AvgIpc) is 2.78. The van der Waals surface area contributed by atoms with E-state index in [0.717, 1.165) is 15.6 Å². The number of aromatic nitrogens is 2. The first-order chi connectivity index (χ1) is 13.1. The molecule has 2 heterocycles. The van der Waals surface area contributed by atoms with Gasteiger partial charge in [-0.25, -0.2) is 18.5 Å². The van der Waals surface area contributed by atoms with E-state index in [0.29, 0.717) is 0 Å². The van der Waals surface area contributed by atoms with Gasteiger partial charge in [0.15, 0.2) is 6.23 Å². The van der Waals surface area contributed by atoms with Crippen LogP contribution in [-0.4, -0.2) is 64.3 Å². The van der Waals surface area contributed by atoms with Gasteiger partial charge in [-0.1, -0.05) is 0 Å². The molecule has 1 aliphatic heterocycles. The second-order valence-corrected chi connectivity index (χ2v) is 10.4. The summed E-state index contributed by atoms with van der Waals surface area (Å²) in [5.41, 5.74) is 4.41. The smallest absolute Gasteiger partial charge is 0.387 e. The maximum atomic E-state index is 11.8. The third kappa shape index (κ3) is 6.73. The molecule has 1 aromatic rings. The highest BCUT2D eigenvalue weighted by Crippen LogP contribution is 2.60. The maximum absolute atomic E-state index is 11.8. The fraction of sp³-hybridized carbons (Fsp3) is 0.556. The molecule has 1 aliphatic rings. The minimum atomic E-state index is -5.49. The lowest BCUT2D eigenvalue weighted by molar-refractivity contribution is -0.0525. The molecule has 0 radical (unpaired) electrons. The number of hydrogen-bond acceptors (Lipinski definition) is 11. The number of hydrogen-bond donors (Lipinski definition) is 8. The van der Waals surface area contributed by atoms with E-state index in [4.69, 9.17) is 25.2 Å². The Hall–Kier alpha value is -1.03. The molecule has 0 aliphatic carbocycles. The number of rotatable bonds is 8. The van der Waals surface area contributed by atoms with E-state index in [-0.39, 0.29) is 5.82 Å². The fourth-order valence-corrected chi connectivity index (χ4v) is 5.73. The summed E-state index contributed by atoms with van der Waals surface area (Å²) in [6, 6.07) is 1.21. The van der Waals surface area contributed by atoms with Gasteiger partial charge in [0, 0.05) is 6.20 Å². The maximum Gasteiger partial charge on any atom is 0.477 e. The number of ether oxygens (including phenoxy) is 1. The third-order valence-corrected chi connectivity index (χ3v) is 7.60. The average molecular weight is 482 g/mol. The van der Waals surface area contributed by atoms with E-state index in [1.54, 1.807) is 0 Å². The van der Waals surface area contributed by atoms with Crippen molar-refractivity contribution in [3.8, 4) is 0 Å². The lowest BCUT2D eigenvalue weighted by atomic mass is 10.1. The fourth-order valence-electron chi connectivity index (χ4n) is 2.24. The molecule has 20 heteroatoms. The summed E-state index contributed by atoms with van der Waals surface area (Å²) < 4.78 is 47.6. The van der Waals surface area contributed by atoms with Crippen LogP contribution in [0.1, 0.15) is 6.23 Å². The summed E-state index contributed by atoms with van der Waals surface area (Å²) >= 11 is 0. The van der Waals surface area contributed by atoms with Gasteiger partial charge < -0.3 is 40.3 Å². The lowest BCUT2D eigenvalue weighted by Gasteiger charge is -2.20. The van der Waals surface area contributed by atoms with Crippen molar-refractivity contribution in [2.24, 2.45) is 0 Å². The Labute approximate surface area is 161 Å². The van der Waals surface area contributed by atoms with Crippen molar-refractivity contribution in [1.82, 2.24) is 14.4 Å². The van der Waals surface area contributed by atoms with Gasteiger partial charge in [-0.2, -0.15) is 9.29 Å². The largest absolute Gasteiger partial charge is 0.477 e. The van der Waals surface area contributed by atoms with E-state index >= 15 is 0 Å². The predicted molar refractivity (Wildman–Crippen MR) is 90.7 cm³/mol. The molecule has 0 amide bonds. The van der Waals surface area contributed by atoms with Crippen molar-refractivity contribution in [3.05, 3.63) is 22.7 Å². The van der Waals surface area contributed by atoms with Gasteiger partial charge >= 0.3 is 29.0 Å². The molecule has 0 bridgehead atoms. The molecular formula is C9H17N4O13P3. The molecule has 1 fully saturated rings. The van der Waals surface area contributed by atoms with Crippen LogP contribution < -0.4 is 16.3 Å². The van der Waals surface area contributed by atoms with Gasteiger partial charge in [-0.3, -0.25) is 9.09 Å². The SMILES string of the molecule is Nc1ccn([C@@H]2O[C@H](COP(=O)(O)NP(=O)(O)OP(=O)(O)O)[C@@H](O)[C@H]2O)c(=O)n1. The zero-order valence-electron chi connectivity index (χ0n) is 14.0. The molecule has 0 spiro atoms. The van der Waals surface area contributed by atoms with Crippen molar-refractivity contribution in [1.29, 1.82) is 0 Å². The topological polar surface area (TPSA) is 273 Å². The third-order valence-electron chi connectivity index (χ3n) is 3.35. The number of phosphoric acid groups is 1. The standard InChI is InChI=1S/C9H17N4O13P3/c10-5-1-2-13(9(16)11-5)8-7(15)6(14)4(25-8)3-24-27(17,18)12-28(19,20)26-29(21,22)23/h1-2,4,6-8,14-15H,3H2,(H2,10,11,16)(H2,21,22,23)(H3,12,17,18,19,20)/t4-,6-,7-,8-/m1/s1. The quantitative estimate of drug-likeness (QED) is 0.176. The second-order valence-electron chi connectivity index (χ2n) is 5.60. The monoisotopic (exact) mass is 482 g/mol. The number of aliphatic hydroxyl groups is 2. The molecule has 9 N–H and O–H groups in total. The Bertz CT molecular complexity index is 948. The van der Waals surface area contributed by atoms with Crippen LogP contribution >= 0.6 is 23.3 Å². The summed E-state index contributed by atoms with van der Waals surface area (Å²) in [4.78, 5) is 51.8. The molecular weight excluding hydrogens is 465 g/mol. The minimum Gasteiger partial charge on any atom is -0.387 e. The van der Waals surface area contributed by atoms with Crippen molar-refractivity contribution < 1.29 is 57.1 Å². The highest BCUT2D eigenvalue weighted by Gasteiger charge is 2.46. The molecule has 0 saturated carbocycles. The van der Waals surface area contributed by atoms with Crippen LogP contribution in [0.4, 0.5) is 5.82 Å². The predicted octanol–water partition coefficient (Wildman–Crippen LogP) is -2.64. The van der Waals surface area contributed by atoms with Crippen molar-refractivity contribution >= 4 is 29.1 Å². The minimum absolute atomic E-state index is 0.114. The van der Waals surface area contributed by atoms with Crippen LogP contribution in [0.2, 0.25) is 0 Å². The first kappa shape index (κ1) is 24.2. The lowest BCUT2D eigenvalue weighted by Crippen LogP contribution is -2.36. The Morgan fingerprint density at radius 3 is 2.34 bits per heavy atom. The number of nitrogen functional groups attached to an aromatic ring is 1. The molecule has 1 saturated heterocycles. The van der Waals surface area contributed by atoms with Gasteiger partial charge in [-0.15, -0.1) is 4.86 Å². The second kappa shape index (κ2) is 8.61. The highest BCUT2D eigenvalue weighted by molar-refractivity contribution is 7.70. The highest BCUT2D eigenvalue weighted by atomic mass is 31.3. The molecule has 166 valence electrons. The van der Waals surface area contributed by atoms with Crippen molar-refractivity contribution in [3.63, 3.8) is 0 Å². The Morgan fingerprint density at radius 1 is 1.17 bits per heavy atom. The van der Waals surface area contributed by atoms with E-state index in [1.165, 1.54) is 6.07 Å². The molecule has 0 aromatic carbocycles. The number of nitrogens with one attached hydrogen (secondary N) is 1. The molecule has 2 rings (SSSR count). The van der Waals surface area contributed by atoms with Gasteiger partial charge in [0.25, 0.3) is 0 Å². The number of nitrogens with zero attached hydrogens (tertiary/aromatic N) is 2. The summed E-state index contributed by atoms with van der Waals surface area (Å²) in [5, 5.41) is 20.0. The Balaban J connectivity index is 2.05. The van der Waals surface area contributed by atoms with Gasteiger partial charge in [0.05, 0.1) is 6.61 Å². The number of nitrogens with two attached hydrogens (primary N) is 1. The van der Waals surface area contributed by atoms with Crippen LogP contribution in [0.25, 0.3) is 0 Å². The number of aliphatic hydroxyl groups excluding tert-OH is 2. The van der Waals surface area contributed by atoms with Crippen molar-refractivity contribution in [2.75, 3.05) is 12.3 Å². The van der Waals surface area contributed by atoms with Gasteiger partial charge in [0.1, 0.15) is 24.1 Å². The van der Waals surface area contributed by atoms with Gasteiger partial charge in [0.2, 0.25) is 0 Å². The van der Waals surface area contributed by atoms with Crippen molar-refractivity contribution in [2.45, 2.75) is 24.5 Å².